The SMILES string of the molecule is CC(C)(C)OC(=O)OC(=O)OC(C)(C)C.CCc1nc(C(=O)OC)cn1Cc1ccc2ncc(Cl)cc2c1.Cc1cc(N)nc(C)c1CCC(=O)c1cn(Cc2ccc3ncc(Cl)cc3c2)c(CN)n1.[C-]#[N+]c1nc(C(=O)OC)cn1Cc1ccc2ncc(Cl)cc2c1. The number of Topliss-reactive ketones (excluding diaryl/α,β-unsaturated/α-hetero) is 1. The fourth-order valence-electron chi connectivity index (χ4n) is 9.37. The first-order valence-electron chi connectivity index (χ1n) is 29.0. The molecule has 0 amide bonds. The number of ketones is 1. The second kappa shape index (κ2) is 31.4. The molecule has 10 rings (SSSR count). The van der Waals surface area contributed by atoms with Crippen LogP contribution in [0.4, 0.5) is 21.4 Å². The lowest BCUT2D eigenvalue weighted by Crippen LogP contribution is -2.29. The Hall–Kier alpha value is -9.86. The average Bonchev–Trinajstić information content (AvgIpc) is 1.84. The number of nitrogen functional groups attached to an aromatic ring is 1. The maximum absolute atomic E-state index is 12.9. The zero-order valence-electron chi connectivity index (χ0n) is 53.2. The molecule has 0 spiro atoms. The van der Waals surface area contributed by atoms with Crippen LogP contribution in [0, 0.1) is 20.4 Å². The van der Waals surface area contributed by atoms with Crippen LogP contribution in [-0.4, -0.2) is 104 Å². The summed E-state index contributed by atoms with van der Waals surface area (Å²) in [4.78, 5) is 91.4. The number of hydrogen-bond donors (Lipinski definition) is 2. The number of anilines is 1. The second-order valence-electron chi connectivity index (χ2n) is 23.0. The number of imidazole rings is 3. The van der Waals surface area contributed by atoms with E-state index in [4.69, 9.17) is 67.1 Å². The van der Waals surface area contributed by atoms with Gasteiger partial charge in [0.05, 0.1) is 65.1 Å². The third-order valence-electron chi connectivity index (χ3n) is 13.5. The van der Waals surface area contributed by atoms with Crippen molar-refractivity contribution in [3.8, 4) is 0 Å². The van der Waals surface area contributed by atoms with Gasteiger partial charge in [0.2, 0.25) is 5.69 Å². The van der Waals surface area contributed by atoms with Gasteiger partial charge in [-0.15, -0.1) is 11.6 Å². The lowest BCUT2D eigenvalue weighted by molar-refractivity contribution is -0.0294. The highest BCUT2D eigenvalue weighted by Crippen LogP contribution is 2.25. The maximum atomic E-state index is 12.9. The van der Waals surface area contributed by atoms with Gasteiger partial charge in [0.25, 0.3) is 0 Å². The fourth-order valence-corrected chi connectivity index (χ4v) is 9.87. The summed E-state index contributed by atoms with van der Waals surface area (Å²) in [5.41, 5.74) is 19.8. The molecule has 484 valence electrons. The van der Waals surface area contributed by atoms with Crippen LogP contribution < -0.4 is 11.5 Å². The van der Waals surface area contributed by atoms with Crippen molar-refractivity contribution in [2.45, 2.75) is 119 Å². The topological polar surface area (TPSA) is 293 Å². The Labute approximate surface area is 552 Å². The summed E-state index contributed by atoms with van der Waals surface area (Å²) in [6, 6.07) is 25.2. The van der Waals surface area contributed by atoms with E-state index in [0.717, 1.165) is 78.5 Å². The number of methoxy groups -OCH3 is 2. The molecule has 0 aliphatic heterocycles. The summed E-state index contributed by atoms with van der Waals surface area (Å²) in [5.74, 6) is 1.12. The van der Waals surface area contributed by atoms with Crippen LogP contribution in [0.3, 0.4) is 0 Å². The van der Waals surface area contributed by atoms with Gasteiger partial charge in [-0.05, 0) is 150 Å². The van der Waals surface area contributed by atoms with E-state index in [1.165, 1.54) is 20.4 Å². The van der Waals surface area contributed by atoms with Crippen LogP contribution in [0.15, 0.2) is 116 Å². The summed E-state index contributed by atoms with van der Waals surface area (Å²) >= 11 is 18.0. The monoisotopic (exact) mass is 1320 g/mol. The smallest absolute Gasteiger partial charge is 0.464 e. The largest absolute Gasteiger partial charge is 0.519 e. The molecule has 7 heterocycles. The minimum Gasteiger partial charge on any atom is -0.464 e. The second-order valence-corrected chi connectivity index (χ2v) is 24.3. The van der Waals surface area contributed by atoms with Crippen LogP contribution >= 0.6 is 34.8 Å². The number of ether oxygens (including phenoxy) is 5. The Morgan fingerprint density at radius 1 is 0.581 bits per heavy atom. The van der Waals surface area contributed by atoms with Gasteiger partial charge >= 0.3 is 30.2 Å². The number of carbonyl (C=O) groups is 5. The molecular formula is C67H70Cl3N13O10. The van der Waals surface area contributed by atoms with Gasteiger partial charge in [-0.3, -0.25) is 24.3 Å². The number of nitrogens with zero attached hydrogens (tertiary/aromatic N) is 11. The van der Waals surface area contributed by atoms with E-state index < -0.39 is 35.5 Å². The molecule has 3 aromatic carbocycles. The molecule has 7 aromatic heterocycles. The van der Waals surface area contributed by atoms with Gasteiger partial charge in [0, 0.05) is 78.8 Å². The van der Waals surface area contributed by atoms with Crippen LogP contribution in [0.25, 0.3) is 37.6 Å². The summed E-state index contributed by atoms with van der Waals surface area (Å²) in [6.07, 6.45) is 9.44. The molecule has 0 aliphatic carbocycles. The number of carbonyl (C=O) groups excluding carboxylic acids is 5. The summed E-state index contributed by atoms with van der Waals surface area (Å²) in [5, 5.41) is 4.62. The van der Waals surface area contributed by atoms with Crippen molar-refractivity contribution in [3.63, 3.8) is 0 Å². The Bertz CT molecular complexity index is 4380. The molecule has 0 bridgehead atoms. The number of nitrogens with two attached hydrogens (primary N) is 2. The molecule has 0 fully saturated rings. The molecular weight excluding hydrogens is 1250 g/mol. The Morgan fingerprint density at radius 2 is 1.00 bits per heavy atom. The number of rotatable bonds is 14. The van der Waals surface area contributed by atoms with Crippen molar-refractivity contribution >= 4 is 109 Å². The average molecular weight is 1320 g/mol. The summed E-state index contributed by atoms with van der Waals surface area (Å²) in [6.45, 7) is 24.9. The Morgan fingerprint density at radius 3 is 1.42 bits per heavy atom. The number of esters is 2. The number of aromatic nitrogens is 10. The number of hydrogen-bond acceptors (Lipinski definition) is 19. The predicted molar refractivity (Wildman–Crippen MR) is 355 cm³/mol. The van der Waals surface area contributed by atoms with E-state index in [2.05, 4.69) is 49.2 Å². The lowest BCUT2D eigenvalue weighted by atomic mass is 10.0. The van der Waals surface area contributed by atoms with E-state index in [1.807, 2.05) is 109 Å². The maximum Gasteiger partial charge on any atom is 0.519 e. The van der Waals surface area contributed by atoms with Gasteiger partial charge in [-0.2, -0.15) is 0 Å². The first-order valence-corrected chi connectivity index (χ1v) is 30.1. The third-order valence-corrected chi connectivity index (χ3v) is 14.1. The molecule has 0 atom stereocenters. The fraction of sp³-hybridized carbons (Fsp3) is 0.299. The highest BCUT2D eigenvalue weighted by Gasteiger charge is 2.25. The van der Waals surface area contributed by atoms with Gasteiger partial charge in [-0.1, -0.05) is 59.9 Å². The molecule has 0 saturated carbocycles. The van der Waals surface area contributed by atoms with Crippen LogP contribution in [-0.2, 0) is 62.7 Å². The van der Waals surface area contributed by atoms with Crippen molar-refractivity contribution in [1.82, 2.24) is 48.6 Å². The standard InChI is InChI=1S/C24H25ClN6O.C17H16ClN3O2.C16H11ClN4O2.C10H18O5/c1-14-7-23(27)29-15(2)19(14)4-6-22(32)21-13-31(24(10-26)30-21)12-16-3-5-20-17(8-16)9-18(25)11-28-20;1-3-16-20-15(17(22)23-2)10-21(16)9-11-4-5-14-12(6-11)7-13(18)8-19-14;1-18-16-20-14(15(22)23-2)9-21(16)8-10-3-4-13-11(5-10)6-12(17)7-19-13;1-9(2,3)14-7(11)13-8(12)15-10(4,5)6/h3,5,7-9,11,13H,4,6,10,12,26H2,1-2H3,(H2,27,29);4-8,10H,3,9H2,1-2H3;3-7,9H,8H2,2H3;1-6H3. The number of benzene rings is 3. The minimum atomic E-state index is -1.06. The van der Waals surface area contributed by atoms with Crippen molar-refractivity contribution in [2.24, 2.45) is 5.73 Å². The van der Waals surface area contributed by atoms with Crippen LogP contribution in [0.1, 0.15) is 132 Å². The van der Waals surface area contributed by atoms with Crippen molar-refractivity contribution < 1.29 is 47.7 Å². The third kappa shape index (κ3) is 20.3. The summed E-state index contributed by atoms with van der Waals surface area (Å²) in [7, 11) is 2.63. The van der Waals surface area contributed by atoms with Crippen molar-refractivity contribution in [2.75, 3.05) is 20.0 Å². The first kappa shape index (κ1) is 70.6. The molecule has 26 heteroatoms. The normalized spacial score (nSPS) is 11.1. The highest BCUT2D eigenvalue weighted by molar-refractivity contribution is 6.31. The van der Waals surface area contributed by atoms with Gasteiger partial charge in [0.1, 0.15) is 34.4 Å². The van der Waals surface area contributed by atoms with Crippen molar-refractivity contribution in [1.29, 1.82) is 0 Å². The van der Waals surface area contributed by atoms with Crippen LogP contribution in [0.2, 0.25) is 15.1 Å². The molecule has 0 saturated heterocycles. The summed E-state index contributed by atoms with van der Waals surface area (Å²) < 4.78 is 28.7. The quantitative estimate of drug-likeness (QED) is 0.0336. The van der Waals surface area contributed by atoms with Crippen LogP contribution in [0.5, 0.6) is 0 Å². The zero-order chi connectivity index (χ0) is 67.9. The van der Waals surface area contributed by atoms with Gasteiger partial charge in [0.15, 0.2) is 11.5 Å². The number of pyridine rings is 4. The number of aryl methyl sites for hydroxylation is 3. The van der Waals surface area contributed by atoms with E-state index in [0.29, 0.717) is 70.6 Å². The van der Waals surface area contributed by atoms with E-state index in [-0.39, 0.29) is 24.0 Å². The van der Waals surface area contributed by atoms with E-state index in [1.54, 1.807) is 77.1 Å². The van der Waals surface area contributed by atoms with Gasteiger partial charge < -0.3 is 49.1 Å². The molecule has 0 aliphatic rings. The number of halogens is 3. The molecule has 23 nitrogen and oxygen atoms in total. The predicted octanol–water partition coefficient (Wildman–Crippen LogP) is 13.8. The molecule has 93 heavy (non-hydrogen) atoms. The zero-order valence-corrected chi connectivity index (χ0v) is 55.5. The minimum absolute atomic E-state index is 0.0245. The molecule has 4 N–H and O–H groups in total. The van der Waals surface area contributed by atoms with E-state index >= 15 is 0 Å². The highest BCUT2D eigenvalue weighted by atomic mass is 35.5. The number of fused-ring (bicyclic) bond motifs is 3. The Balaban J connectivity index is 0.000000182. The van der Waals surface area contributed by atoms with Crippen molar-refractivity contribution in [3.05, 3.63) is 205 Å². The molecule has 0 unspecified atom stereocenters. The molecule has 10 aromatic rings. The molecule has 0 radical (unpaired) electrons. The van der Waals surface area contributed by atoms with Gasteiger partial charge in [-0.25, -0.2) is 34.1 Å². The first-order chi connectivity index (χ1) is 44.0. The Kier molecular flexibility index (Phi) is 23.9. The van der Waals surface area contributed by atoms with E-state index in [9.17, 15) is 24.0 Å². The lowest BCUT2D eigenvalue weighted by Gasteiger charge is -2.20.